The van der Waals surface area contributed by atoms with E-state index in [1.807, 2.05) is 7.05 Å². The van der Waals surface area contributed by atoms with Crippen LogP contribution in [-0.2, 0) is 20.4 Å². The van der Waals surface area contributed by atoms with Gasteiger partial charge < -0.3 is 4.90 Å². The summed E-state index contributed by atoms with van der Waals surface area (Å²) < 4.78 is 57.3. The van der Waals surface area contributed by atoms with Gasteiger partial charge in [0.1, 0.15) is 0 Å². The SMILES string of the molecule is CN1CCN(S(=O)(=O)N2CCN(S(=O)(=O)N3CCCCCC3)CC2)CC1. The van der Waals surface area contributed by atoms with Crippen LogP contribution in [-0.4, -0.2) is 111 Å². The summed E-state index contributed by atoms with van der Waals surface area (Å²) in [5.41, 5.74) is 0. The zero-order valence-electron chi connectivity index (χ0n) is 15.6. The van der Waals surface area contributed by atoms with E-state index in [1.165, 1.54) is 12.9 Å². The van der Waals surface area contributed by atoms with Gasteiger partial charge in [-0.15, -0.1) is 0 Å². The molecule has 0 saturated carbocycles. The summed E-state index contributed by atoms with van der Waals surface area (Å²) in [5.74, 6) is 0. The molecule has 0 radical (unpaired) electrons. The van der Waals surface area contributed by atoms with Gasteiger partial charge in [0, 0.05) is 65.4 Å². The van der Waals surface area contributed by atoms with Crippen LogP contribution in [0.3, 0.4) is 0 Å². The number of nitrogens with zero attached hydrogens (tertiary/aromatic N) is 5. The van der Waals surface area contributed by atoms with Gasteiger partial charge in [-0.05, 0) is 19.9 Å². The molecule has 9 nitrogen and oxygen atoms in total. The summed E-state index contributed by atoms with van der Waals surface area (Å²) in [5, 5.41) is 0. The average Bonchev–Trinajstić information content (AvgIpc) is 2.92. The molecule has 26 heavy (non-hydrogen) atoms. The van der Waals surface area contributed by atoms with Crippen molar-refractivity contribution in [2.45, 2.75) is 25.7 Å². The van der Waals surface area contributed by atoms with Crippen LogP contribution in [0.25, 0.3) is 0 Å². The van der Waals surface area contributed by atoms with E-state index >= 15 is 0 Å². The molecular weight excluding hydrogens is 378 g/mol. The second kappa shape index (κ2) is 8.38. The highest BCUT2D eigenvalue weighted by Gasteiger charge is 2.38. The lowest BCUT2D eigenvalue weighted by molar-refractivity contribution is 0.198. The number of hydrogen-bond acceptors (Lipinski definition) is 5. The van der Waals surface area contributed by atoms with Crippen LogP contribution in [0.2, 0.25) is 0 Å². The van der Waals surface area contributed by atoms with Crippen LogP contribution in [0.5, 0.6) is 0 Å². The fourth-order valence-electron chi connectivity index (χ4n) is 3.75. The minimum atomic E-state index is -3.50. The fourth-order valence-corrected chi connectivity index (χ4v) is 7.00. The van der Waals surface area contributed by atoms with Gasteiger partial charge in [0.2, 0.25) is 0 Å². The van der Waals surface area contributed by atoms with E-state index in [4.69, 9.17) is 0 Å². The highest BCUT2D eigenvalue weighted by atomic mass is 32.2. The fraction of sp³-hybridized carbons (Fsp3) is 1.00. The monoisotopic (exact) mass is 409 g/mol. The van der Waals surface area contributed by atoms with Crippen molar-refractivity contribution in [1.82, 2.24) is 22.1 Å². The van der Waals surface area contributed by atoms with Crippen LogP contribution in [0, 0.1) is 0 Å². The first-order chi connectivity index (χ1) is 12.3. The molecule has 0 atom stereocenters. The number of likely N-dealkylation sites (N-methyl/N-ethyl adjacent to an activating group) is 1. The molecule has 152 valence electrons. The lowest BCUT2D eigenvalue weighted by Crippen LogP contribution is -2.58. The van der Waals surface area contributed by atoms with Crippen LogP contribution >= 0.6 is 0 Å². The van der Waals surface area contributed by atoms with E-state index in [0.29, 0.717) is 26.2 Å². The normalized spacial score (nSPS) is 27.4. The Labute approximate surface area is 157 Å². The highest BCUT2D eigenvalue weighted by molar-refractivity contribution is 7.87. The molecule has 3 rings (SSSR count). The van der Waals surface area contributed by atoms with Gasteiger partial charge in [-0.2, -0.15) is 34.1 Å². The summed E-state index contributed by atoms with van der Waals surface area (Å²) in [7, 11) is -5.01. The minimum absolute atomic E-state index is 0.224. The zero-order valence-corrected chi connectivity index (χ0v) is 17.2. The first-order valence-electron chi connectivity index (χ1n) is 9.51. The summed E-state index contributed by atoms with van der Waals surface area (Å²) in [6.45, 7) is 4.48. The maximum absolute atomic E-state index is 12.9. The van der Waals surface area contributed by atoms with Crippen LogP contribution in [0.1, 0.15) is 25.7 Å². The molecule has 3 aliphatic rings. The van der Waals surface area contributed by atoms with Gasteiger partial charge in [-0.1, -0.05) is 12.8 Å². The van der Waals surface area contributed by atoms with Crippen molar-refractivity contribution in [3.63, 3.8) is 0 Å². The summed E-state index contributed by atoms with van der Waals surface area (Å²) in [6, 6.07) is 0. The van der Waals surface area contributed by atoms with E-state index in [-0.39, 0.29) is 26.2 Å². The molecule has 0 aromatic heterocycles. The molecule has 0 bridgehead atoms. The molecule has 0 unspecified atom stereocenters. The van der Waals surface area contributed by atoms with Gasteiger partial charge >= 0.3 is 0 Å². The predicted molar refractivity (Wildman–Crippen MR) is 100 cm³/mol. The summed E-state index contributed by atoms with van der Waals surface area (Å²) >= 11 is 0. The average molecular weight is 410 g/mol. The lowest BCUT2D eigenvalue weighted by atomic mass is 10.2. The maximum Gasteiger partial charge on any atom is 0.282 e. The molecule has 0 spiro atoms. The first-order valence-corrected chi connectivity index (χ1v) is 12.3. The third-order valence-corrected chi connectivity index (χ3v) is 9.60. The quantitative estimate of drug-likeness (QED) is 0.608. The van der Waals surface area contributed by atoms with Crippen molar-refractivity contribution < 1.29 is 16.8 Å². The van der Waals surface area contributed by atoms with Crippen LogP contribution < -0.4 is 0 Å². The maximum atomic E-state index is 12.9. The molecule has 3 aliphatic heterocycles. The smallest absolute Gasteiger partial charge is 0.282 e. The van der Waals surface area contributed by atoms with Crippen molar-refractivity contribution in [3.8, 4) is 0 Å². The predicted octanol–water partition coefficient (Wildman–Crippen LogP) is -0.783. The molecule has 0 aromatic carbocycles. The van der Waals surface area contributed by atoms with E-state index in [9.17, 15) is 16.8 Å². The van der Waals surface area contributed by atoms with Gasteiger partial charge in [0.15, 0.2) is 0 Å². The van der Waals surface area contributed by atoms with Crippen LogP contribution in [0.4, 0.5) is 0 Å². The molecule has 11 heteroatoms. The third kappa shape index (κ3) is 4.40. The Morgan fingerprint density at radius 2 is 0.769 bits per heavy atom. The van der Waals surface area contributed by atoms with E-state index < -0.39 is 20.4 Å². The highest BCUT2D eigenvalue weighted by Crippen LogP contribution is 2.20. The second-order valence-electron chi connectivity index (χ2n) is 7.33. The standard InChI is InChI=1S/C15H31N5O4S2/c1-16-8-10-18(11-9-16)26(23,24)20-14-12-19(13-15-20)25(21,22)17-6-4-2-3-5-7-17/h2-15H2,1H3. The van der Waals surface area contributed by atoms with Crippen molar-refractivity contribution in [2.24, 2.45) is 0 Å². The molecule has 3 saturated heterocycles. The topological polar surface area (TPSA) is 84.5 Å². The van der Waals surface area contributed by atoms with Gasteiger partial charge in [0.25, 0.3) is 20.4 Å². The first kappa shape index (κ1) is 20.4. The molecular formula is C15H31N5O4S2. The summed E-state index contributed by atoms with van der Waals surface area (Å²) in [4.78, 5) is 2.11. The Morgan fingerprint density at radius 3 is 1.15 bits per heavy atom. The Morgan fingerprint density at radius 1 is 0.462 bits per heavy atom. The van der Waals surface area contributed by atoms with Gasteiger partial charge in [-0.25, -0.2) is 0 Å². The van der Waals surface area contributed by atoms with Crippen molar-refractivity contribution in [1.29, 1.82) is 0 Å². The van der Waals surface area contributed by atoms with E-state index in [2.05, 4.69) is 4.90 Å². The van der Waals surface area contributed by atoms with Crippen molar-refractivity contribution in [2.75, 3.05) is 72.5 Å². The second-order valence-corrected chi connectivity index (χ2v) is 11.2. The molecule has 0 aromatic rings. The number of rotatable bonds is 4. The van der Waals surface area contributed by atoms with E-state index in [0.717, 1.165) is 38.8 Å². The Bertz CT molecular complexity index is 660. The van der Waals surface area contributed by atoms with Crippen LogP contribution in [0.15, 0.2) is 0 Å². The van der Waals surface area contributed by atoms with E-state index in [1.54, 1.807) is 4.31 Å². The Kier molecular flexibility index (Phi) is 6.58. The molecule has 3 fully saturated rings. The molecule has 0 amide bonds. The molecule has 0 aliphatic carbocycles. The van der Waals surface area contributed by atoms with Crippen molar-refractivity contribution in [3.05, 3.63) is 0 Å². The molecule has 3 heterocycles. The van der Waals surface area contributed by atoms with Gasteiger partial charge in [0.05, 0.1) is 0 Å². The van der Waals surface area contributed by atoms with Gasteiger partial charge in [-0.3, -0.25) is 0 Å². The van der Waals surface area contributed by atoms with Crippen molar-refractivity contribution >= 4 is 20.4 Å². The number of piperazine rings is 2. The molecule has 0 N–H and O–H groups in total. The lowest BCUT2D eigenvalue weighted by Gasteiger charge is -2.39. The summed E-state index contributed by atoms with van der Waals surface area (Å²) in [6.07, 6.45) is 3.94. The zero-order chi connectivity index (χ0) is 18.8. The Balaban J connectivity index is 1.59. The Hall–Kier alpha value is -0.300. The third-order valence-electron chi connectivity index (χ3n) is 5.53. The minimum Gasteiger partial charge on any atom is -0.304 e. The largest absolute Gasteiger partial charge is 0.304 e. The number of hydrogen-bond donors (Lipinski definition) is 0.